The standard InChI is InChI=1S/C22H15BrN4O3S/c23-17-11-9-15(10-12-17)20(28)14-31-22-25-24-21(26(22)18-6-2-1-3-7-18)16-5-4-8-19(13-16)27(29)30/h1-13H,14H2. The number of nitrogens with zero attached hydrogens (tertiary/aromatic N) is 4. The Morgan fingerprint density at radius 2 is 1.74 bits per heavy atom. The van der Waals surface area contributed by atoms with E-state index >= 15 is 0 Å². The predicted molar refractivity (Wildman–Crippen MR) is 123 cm³/mol. The number of benzene rings is 3. The summed E-state index contributed by atoms with van der Waals surface area (Å²) in [6.45, 7) is 0. The maximum absolute atomic E-state index is 12.6. The molecule has 0 bridgehead atoms. The van der Waals surface area contributed by atoms with Gasteiger partial charge in [0, 0.05) is 33.4 Å². The van der Waals surface area contributed by atoms with Gasteiger partial charge in [-0.15, -0.1) is 10.2 Å². The monoisotopic (exact) mass is 494 g/mol. The van der Waals surface area contributed by atoms with Crippen molar-refractivity contribution in [2.45, 2.75) is 5.16 Å². The fraction of sp³-hybridized carbons (Fsp3) is 0.0455. The van der Waals surface area contributed by atoms with Crippen molar-refractivity contribution in [3.05, 3.63) is 99.0 Å². The quantitative estimate of drug-likeness (QED) is 0.144. The van der Waals surface area contributed by atoms with Gasteiger partial charge in [0.1, 0.15) is 0 Å². The van der Waals surface area contributed by atoms with Crippen molar-refractivity contribution in [2.75, 3.05) is 5.75 Å². The van der Waals surface area contributed by atoms with Crippen LogP contribution in [0.1, 0.15) is 10.4 Å². The Labute approximate surface area is 190 Å². The topological polar surface area (TPSA) is 90.9 Å². The Kier molecular flexibility index (Phi) is 6.24. The van der Waals surface area contributed by atoms with Gasteiger partial charge in [-0.05, 0) is 24.3 Å². The van der Waals surface area contributed by atoms with Crippen molar-refractivity contribution in [3.8, 4) is 17.1 Å². The molecule has 1 aromatic heterocycles. The van der Waals surface area contributed by atoms with Crippen molar-refractivity contribution in [1.29, 1.82) is 0 Å². The van der Waals surface area contributed by atoms with E-state index in [0.29, 0.717) is 22.1 Å². The molecule has 1 heterocycles. The normalized spacial score (nSPS) is 10.7. The average molecular weight is 495 g/mol. The Morgan fingerprint density at radius 3 is 2.45 bits per heavy atom. The number of thioether (sulfide) groups is 1. The molecule has 154 valence electrons. The molecule has 0 saturated heterocycles. The highest BCUT2D eigenvalue weighted by Crippen LogP contribution is 2.30. The first-order valence-corrected chi connectivity index (χ1v) is 11.0. The zero-order valence-electron chi connectivity index (χ0n) is 16.0. The first-order chi connectivity index (χ1) is 15.0. The summed E-state index contributed by atoms with van der Waals surface area (Å²) >= 11 is 4.63. The lowest BCUT2D eigenvalue weighted by atomic mass is 10.2. The van der Waals surface area contributed by atoms with E-state index in [1.807, 2.05) is 42.5 Å². The third kappa shape index (κ3) is 4.73. The van der Waals surface area contributed by atoms with E-state index in [0.717, 1.165) is 10.2 Å². The van der Waals surface area contributed by atoms with Gasteiger partial charge in [0.25, 0.3) is 5.69 Å². The lowest BCUT2D eigenvalue weighted by Crippen LogP contribution is -2.05. The zero-order chi connectivity index (χ0) is 21.8. The van der Waals surface area contributed by atoms with Crippen LogP contribution in [0.15, 0.2) is 88.5 Å². The van der Waals surface area contributed by atoms with Gasteiger partial charge in [-0.25, -0.2) is 0 Å². The minimum Gasteiger partial charge on any atom is -0.293 e. The third-order valence-electron chi connectivity index (χ3n) is 4.46. The van der Waals surface area contributed by atoms with Crippen LogP contribution in [-0.2, 0) is 0 Å². The SMILES string of the molecule is O=C(CSc1nnc(-c2cccc([N+](=O)[O-])c2)n1-c1ccccc1)c1ccc(Br)cc1. The molecule has 4 rings (SSSR count). The molecule has 0 N–H and O–H groups in total. The number of halogens is 1. The number of Topliss-reactive ketones (excluding diaryl/α,β-unsaturated/α-hetero) is 1. The summed E-state index contributed by atoms with van der Waals surface area (Å²) in [7, 11) is 0. The predicted octanol–water partition coefficient (Wildman–Crippen LogP) is 5.58. The molecular weight excluding hydrogens is 480 g/mol. The Hall–Kier alpha value is -3.30. The number of rotatable bonds is 7. The number of hydrogen-bond donors (Lipinski definition) is 0. The molecule has 3 aromatic carbocycles. The molecule has 0 radical (unpaired) electrons. The van der Waals surface area contributed by atoms with Gasteiger partial charge in [-0.3, -0.25) is 19.5 Å². The maximum atomic E-state index is 12.6. The highest BCUT2D eigenvalue weighted by atomic mass is 79.9. The van der Waals surface area contributed by atoms with E-state index in [9.17, 15) is 14.9 Å². The maximum Gasteiger partial charge on any atom is 0.270 e. The first kappa shape index (κ1) is 21.0. The van der Waals surface area contributed by atoms with Crippen molar-refractivity contribution < 1.29 is 9.72 Å². The molecule has 0 aliphatic carbocycles. The number of nitro benzene ring substituents is 1. The molecule has 4 aromatic rings. The number of non-ortho nitro benzene ring substituents is 1. The summed E-state index contributed by atoms with van der Waals surface area (Å²) < 4.78 is 2.71. The van der Waals surface area contributed by atoms with Crippen LogP contribution in [0.25, 0.3) is 17.1 Å². The number of aromatic nitrogens is 3. The summed E-state index contributed by atoms with van der Waals surface area (Å²) in [4.78, 5) is 23.4. The Balaban J connectivity index is 1.68. The van der Waals surface area contributed by atoms with Crippen LogP contribution < -0.4 is 0 Å². The van der Waals surface area contributed by atoms with Crippen LogP contribution in [0.5, 0.6) is 0 Å². The van der Waals surface area contributed by atoms with Crippen molar-refractivity contribution >= 4 is 39.2 Å². The smallest absolute Gasteiger partial charge is 0.270 e. The molecule has 0 unspecified atom stereocenters. The van der Waals surface area contributed by atoms with Gasteiger partial charge in [-0.1, -0.05) is 70.2 Å². The minimum atomic E-state index is -0.445. The molecular formula is C22H15BrN4O3S. The highest BCUT2D eigenvalue weighted by molar-refractivity contribution is 9.10. The van der Waals surface area contributed by atoms with Gasteiger partial charge in [0.05, 0.1) is 10.7 Å². The second kappa shape index (κ2) is 9.23. The molecule has 0 atom stereocenters. The minimum absolute atomic E-state index is 0.0280. The molecule has 0 saturated carbocycles. The Bertz CT molecular complexity index is 1240. The first-order valence-electron chi connectivity index (χ1n) is 9.20. The fourth-order valence-corrected chi connectivity index (χ4v) is 4.08. The molecule has 7 nitrogen and oxygen atoms in total. The number of hydrogen-bond acceptors (Lipinski definition) is 6. The summed E-state index contributed by atoms with van der Waals surface area (Å²) in [6.07, 6.45) is 0. The van der Waals surface area contributed by atoms with E-state index in [1.165, 1.54) is 23.9 Å². The van der Waals surface area contributed by atoms with E-state index in [2.05, 4.69) is 26.1 Å². The van der Waals surface area contributed by atoms with Gasteiger partial charge >= 0.3 is 0 Å². The van der Waals surface area contributed by atoms with Crippen LogP contribution in [0, 0.1) is 10.1 Å². The van der Waals surface area contributed by atoms with Crippen molar-refractivity contribution in [1.82, 2.24) is 14.8 Å². The summed E-state index contributed by atoms with van der Waals surface area (Å²) in [6, 6.07) is 22.9. The molecule has 0 aliphatic heterocycles. The lowest BCUT2D eigenvalue weighted by Gasteiger charge is -2.10. The zero-order valence-corrected chi connectivity index (χ0v) is 18.4. The van der Waals surface area contributed by atoms with Crippen LogP contribution in [-0.4, -0.2) is 31.2 Å². The highest BCUT2D eigenvalue weighted by Gasteiger charge is 2.19. The molecule has 0 spiro atoms. The van der Waals surface area contributed by atoms with Crippen LogP contribution >= 0.6 is 27.7 Å². The molecule has 0 fully saturated rings. The van der Waals surface area contributed by atoms with Gasteiger partial charge in [0.2, 0.25) is 0 Å². The molecule has 9 heteroatoms. The number of ketones is 1. The Morgan fingerprint density at radius 1 is 1.00 bits per heavy atom. The van der Waals surface area contributed by atoms with Gasteiger partial charge in [-0.2, -0.15) is 0 Å². The largest absolute Gasteiger partial charge is 0.293 e. The number of para-hydroxylation sites is 1. The van der Waals surface area contributed by atoms with Gasteiger partial charge in [0.15, 0.2) is 16.8 Å². The second-order valence-electron chi connectivity index (χ2n) is 6.50. The van der Waals surface area contributed by atoms with E-state index in [-0.39, 0.29) is 17.2 Å². The van der Waals surface area contributed by atoms with E-state index < -0.39 is 4.92 Å². The fourth-order valence-electron chi connectivity index (χ4n) is 2.97. The van der Waals surface area contributed by atoms with E-state index in [1.54, 1.807) is 28.8 Å². The van der Waals surface area contributed by atoms with Crippen LogP contribution in [0.4, 0.5) is 5.69 Å². The third-order valence-corrected chi connectivity index (χ3v) is 5.92. The number of nitro groups is 1. The molecule has 31 heavy (non-hydrogen) atoms. The summed E-state index contributed by atoms with van der Waals surface area (Å²) in [5.41, 5.74) is 1.95. The van der Waals surface area contributed by atoms with Crippen molar-refractivity contribution in [3.63, 3.8) is 0 Å². The lowest BCUT2D eigenvalue weighted by molar-refractivity contribution is -0.384. The van der Waals surface area contributed by atoms with Crippen LogP contribution in [0.2, 0.25) is 0 Å². The van der Waals surface area contributed by atoms with Gasteiger partial charge < -0.3 is 0 Å². The number of carbonyl (C=O) groups is 1. The summed E-state index contributed by atoms with van der Waals surface area (Å²) in [5.74, 6) is 0.618. The average Bonchev–Trinajstić information content (AvgIpc) is 3.22. The second-order valence-corrected chi connectivity index (χ2v) is 8.36. The molecule has 0 amide bonds. The van der Waals surface area contributed by atoms with Crippen molar-refractivity contribution in [2.24, 2.45) is 0 Å². The number of carbonyl (C=O) groups excluding carboxylic acids is 1. The van der Waals surface area contributed by atoms with E-state index in [4.69, 9.17) is 0 Å². The summed E-state index contributed by atoms with van der Waals surface area (Å²) in [5, 5.41) is 20.3. The van der Waals surface area contributed by atoms with Crippen LogP contribution in [0.3, 0.4) is 0 Å². The molecule has 0 aliphatic rings.